The van der Waals surface area contributed by atoms with Gasteiger partial charge in [0.1, 0.15) is 17.7 Å². The average Bonchev–Trinajstić information content (AvgIpc) is 3.47. The largest absolute Gasteiger partial charge is 0.352 e. The predicted molar refractivity (Wildman–Crippen MR) is 104 cm³/mol. The van der Waals surface area contributed by atoms with Gasteiger partial charge >= 0.3 is 0 Å². The first-order chi connectivity index (χ1) is 13.5. The highest BCUT2D eigenvalue weighted by Crippen LogP contribution is 2.25. The maximum absolute atomic E-state index is 13.3. The molecule has 1 amide bonds. The first kappa shape index (κ1) is 18.3. The normalized spacial score (nSPS) is 15.0. The van der Waals surface area contributed by atoms with Crippen molar-refractivity contribution in [2.45, 2.75) is 31.5 Å². The summed E-state index contributed by atoms with van der Waals surface area (Å²) < 4.78 is 13.3. The van der Waals surface area contributed by atoms with Crippen LogP contribution in [0.3, 0.4) is 0 Å². The van der Waals surface area contributed by atoms with Crippen LogP contribution in [0.25, 0.3) is 10.9 Å². The fraction of sp³-hybridized carbons (Fsp3) is 0.286. The minimum Gasteiger partial charge on any atom is -0.352 e. The first-order valence-corrected chi connectivity index (χ1v) is 9.25. The highest BCUT2D eigenvalue weighted by Gasteiger charge is 2.31. The fourth-order valence-electron chi connectivity index (χ4n) is 3.30. The number of halogens is 1. The Balaban J connectivity index is 1.63. The van der Waals surface area contributed by atoms with Crippen LogP contribution in [0.4, 0.5) is 4.39 Å². The van der Waals surface area contributed by atoms with Gasteiger partial charge in [-0.25, -0.2) is 9.37 Å². The van der Waals surface area contributed by atoms with E-state index in [4.69, 9.17) is 0 Å². The third kappa shape index (κ3) is 3.94. The number of nitrogens with zero attached hydrogens (tertiary/aromatic N) is 2. The zero-order valence-electron chi connectivity index (χ0n) is 15.5. The smallest absolute Gasteiger partial charge is 0.258 e. The van der Waals surface area contributed by atoms with Gasteiger partial charge in [-0.15, -0.1) is 0 Å². The number of aromatic nitrogens is 2. The number of carbonyl (C=O) groups excluding carboxylic acids is 1. The van der Waals surface area contributed by atoms with Gasteiger partial charge in [0.25, 0.3) is 5.56 Å². The summed E-state index contributed by atoms with van der Waals surface area (Å²) in [7, 11) is 1.79. The van der Waals surface area contributed by atoms with Gasteiger partial charge in [0.05, 0.1) is 17.4 Å². The molecule has 4 rings (SSSR count). The molecule has 2 N–H and O–H groups in total. The molecule has 1 saturated carbocycles. The van der Waals surface area contributed by atoms with E-state index in [0.29, 0.717) is 22.3 Å². The molecule has 2 aromatic carbocycles. The molecule has 0 radical (unpaired) electrons. The Morgan fingerprint density at radius 2 is 1.96 bits per heavy atom. The second-order valence-corrected chi connectivity index (χ2v) is 7.18. The van der Waals surface area contributed by atoms with Crippen molar-refractivity contribution in [3.63, 3.8) is 0 Å². The van der Waals surface area contributed by atoms with Gasteiger partial charge in [-0.3, -0.25) is 14.5 Å². The number of amides is 1. The van der Waals surface area contributed by atoms with Crippen LogP contribution in [-0.2, 0) is 11.3 Å². The van der Waals surface area contributed by atoms with Crippen LogP contribution in [0.2, 0.25) is 0 Å². The highest BCUT2D eigenvalue weighted by molar-refractivity contribution is 5.83. The molecular formula is C21H21FN4O2. The minimum atomic E-state index is -0.613. The van der Waals surface area contributed by atoms with Crippen LogP contribution in [0.5, 0.6) is 0 Å². The zero-order valence-corrected chi connectivity index (χ0v) is 15.5. The van der Waals surface area contributed by atoms with Gasteiger partial charge in [0.2, 0.25) is 5.91 Å². The van der Waals surface area contributed by atoms with E-state index in [1.54, 1.807) is 42.3 Å². The van der Waals surface area contributed by atoms with Crippen molar-refractivity contribution in [2.24, 2.45) is 0 Å². The van der Waals surface area contributed by atoms with Gasteiger partial charge in [0.15, 0.2) is 0 Å². The number of benzene rings is 2. The second-order valence-electron chi connectivity index (χ2n) is 7.18. The summed E-state index contributed by atoms with van der Waals surface area (Å²) in [6.07, 6.45) is 1.95. The number of likely N-dealkylation sites (N-methyl/N-ethyl adjacent to an activating group) is 1. The molecule has 1 aliphatic rings. The molecule has 1 aliphatic carbocycles. The molecular weight excluding hydrogens is 359 g/mol. The van der Waals surface area contributed by atoms with Gasteiger partial charge in [0, 0.05) is 6.04 Å². The Labute approximate surface area is 161 Å². The Morgan fingerprint density at radius 3 is 2.68 bits per heavy atom. The van der Waals surface area contributed by atoms with E-state index >= 15 is 0 Å². The summed E-state index contributed by atoms with van der Waals surface area (Å²) in [5.74, 6) is -0.0226. The lowest BCUT2D eigenvalue weighted by Gasteiger charge is -2.27. The van der Waals surface area contributed by atoms with E-state index in [0.717, 1.165) is 12.8 Å². The third-order valence-electron chi connectivity index (χ3n) is 4.86. The maximum atomic E-state index is 13.3. The van der Waals surface area contributed by atoms with Crippen LogP contribution in [0, 0.1) is 5.82 Å². The Bertz CT molecular complexity index is 1060. The van der Waals surface area contributed by atoms with E-state index in [-0.39, 0.29) is 29.9 Å². The van der Waals surface area contributed by atoms with Crippen molar-refractivity contribution in [1.29, 1.82) is 0 Å². The van der Waals surface area contributed by atoms with Crippen LogP contribution in [-0.4, -0.2) is 33.9 Å². The molecule has 0 bridgehead atoms. The van der Waals surface area contributed by atoms with Crippen molar-refractivity contribution in [3.05, 3.63) is 76.1 Å². The number of carbonyl (C=O) groups is 1. The third-order valence-corrected chi connectivity index (χ3v) is 4.86. The van der Waals surface area contributed by atoms with Crippen LogP contribution >= 0.6 is 0 Å². The fourth-order valence-corrected chi connectivity index (χ4v) is 3.30. The molecule has 3 aromatic rings. The standard InChI is InChI=1S/C21H21FN4O2/c1-26(12-18-24-17-5-3-2-4-16(17)20(27)25-18)19(21(28)23-15-10-11-15)13-6-8-14(22)9-7-13/h2-9,15,19H,10-12H2,1H3,(H,23,28)(H,24,25,27). The monoisotopic (exact) mass is 380 g/mol. The lowest BCUT2D eigenvalue weighted by molar-refractivity contribution is -0.126. The molecule has 0 saturated heterocycles. The van der Waals surface area contributed by atoms with Crippen LogP contribution < -0.4 is 10.9 Å². The Hall–Kier alpha value is -3.06. The lowest BCUT2D eigenvalue weighted by atomic mass is 10.0. The van der Waals surface area contributed by atoms with E-state index in [2.05, 4.69) is 15.3 Å². The maximum Gasteiger partial charge on any atom is 0.258 e. The van der Waals surface area contributed by atoms with E-state index in [1.807, 2.05) is 6.07 Å². The van der Waals surface area contributed by atoms with Gasteiger partial charge in [-0.2, -0.15) is 0 Å². The SMILES string of the molecule is CN(Cc1nc2ccccc2c(=O)[nH]1)C(C(=O)NC1CC1)c1ccc(F)cc1. The lowest BCUT2D eigenvalue weighted by Crippen LogP contribution is -2.39. The number of hydrogen-bond donors (Lipinski definition) is 2. The topological polar surface area (TPSA) is 78.1 Å². The summed E-state index contributed by atoms with van der Waals surface area (Å²) in [6.45, 7) is 0.264. The molecule has 28 heavy (non-hydrogen) atoms. The number of nitrogens with one attached hydrogen (secondary N) is 2. The molecule has 1 atom stereocenters. The average molecular weight is 380 g/mol. The number of hydrogen-bond acceptors (Lipinski definition) is 4. The quantitative estimate of drug-likeness (QED) is 0.689. The van der Waals surface area contributed by atoms with Crippen LogP contribution in [0.1, 0.15) is 30.3 Å². The molecule has 1 unspecified atom stereocenters. The first-order valence-electron chi connectivity index (χ1n) is 9.25. The number of aromatic amines is 1. The van der Waals surface area contributed by atoms with Crippen molar-refractivity contribution < 1.29 is 9.18 Å². The molecule has 7 heteroatoms. The van der Waals surface area contributed by atoms with E-state index in [1.165, 1.54) is 12.1 Å². The van der Waals surface area contributed by atoms with Crippen LogP contribution in [0.15, 0.2) is 53.3 Å². The molecule has 6 nitrogen and oxygen atoms in total. The Kier molecular flexibility index (Phi) is 4.92. The van der Waals surface area contributed by atoms with Gasteiger partial charge < -0.3 is 10.3 Å². The molecule has 144 valence electrons. The minimum absolute atomic E-state index is 0.139. The van der Waals surface area contributed by atoms with Crippen molar-refractivity contribution in [1.82, 2.24) is 20.2 Å². The molecule has 0 spiro atoms. The summed E-state index contributed by atoms with van der Waals surface area (Å²) in [5.41, 5.74) is 1.08. The molecule has 1 heterocycles. The second kappa shape index (κ2) is 7.52. The van der Waals surface area contributed by atoms with Crippen molar-refractivity contribution in [2.75, 3.05) is 7.05 Å². The number of fused-ring (bicyclic) bond motifs is 1. The number of H-pyrrole nitrogens is 1. The van der Waals surface area contributed by atoms with Crippen molar-refractivity contribution >= 4 is 16.8 Å². The molecule has 1 aromatic heterocycles. The van der Waals surface area contributed by atoms with Gasteiger partial charge in [-0.05, 0) is 49.7 Å². The zero-order chi connectivity index (χ0) is 19.7. The van der Waals surface area contributed by atoms with E-state index < -0.39 is 6.04 Å². The Morgan fingerprint density at radius 1 is 1.25 bits per heavy atom. The van der Waals surface area contributed by atoms with E-state index in [9.17, 15) is 14.0 Å². The summed E-state index contributed by atoms with van der Waals surface area (Å²) in [5, 5.41) is 3.53. The summed E-state index contributed by atoms with van der Waals surface area (Å²) >= 11 is 0. The predicted octanol–water partition coefficient (Wildman–Crippen LogP) is 2.51. The summed E-state index contributed by atoms with van der Waals surface area (Å²) in [4.78, 5) is 34.3. The number of para-hydroxylation sites is 1. The van der Waals surface area contributed by atoms with Gasteiger partial charge in [-0.1, -0.05) is 24.3 Å². The highest BCUT2D eigenvalue weighted by atomic mass is 19.1. The number of rotatable bonds is 6. The molecule has 1 fully saturated rings. The van der Waals surface area contributed by atoms with Crippen molar-refractivity contribution in [3.8, 4) is 0 Å². The summed E-state index contributed by atoms with van der Waals surface area (Å²) in [6, 6.07) is 12.6. The molecule has 0 aliphatic heterocycles.